The molecule has 0 unspecified atom stereocenters. The highest BCUT2D eigenvalue weighted by Gasteiger charge is 2.31. The third kappa shape index (κ3) is 7.07. The Morgan fingerprint density at radius 1 is 0.976 bits per heavy atom. The molecular weight excluding hydrogens is 554 g/mol. The standard InChI is InChI=1S/C31H31F4N3O4/c1-20-19-21(11-16-26(20)42-30(2,3)28(39)40)7-6-10-27-36-38(24-14-12-23(13-15-24)31(33,34)35)29(41)37(27)18-17-22-8-4-5-9-25(22)32/h4-5,8-9,11-16,19H,6-7,10,17-18H2,1-3H3,(H,39,40). The van der Waals surface area contributed by atoms with Crippen LogP contribution < -0.4 is 10.4 Å². The Kier molecular flexibility index (Phi) is 8.89. The number of aryl methyl sites for hydroxylation is 4. The summed E-state index contributed by atoms with van der Waals surface area (Å²) in [5, 5.41) is 13.8. The van der Waals surface area contributed by atoms with E-state index in [9.17, 15) is 32.3 Å². The van der Waals surface area contributed by atoms with Gasteiger partial charge in [0.15, 0.2) is 5.60 Å². The minimum absolute atomic E-state index is 0.139. The predicted octanol–water partition coefficient (Wildman–Crippen LogP) is 6.16. The average Bonchev–Trinajstić information content (AvgIpc) is 3.24. The van der Waals surface area contributed by atoms with Gasteiger partial charge in [-0.15, -0.1) is 5.10 Å². The molecule has 1 aromatic heterocycles. The van der Waals surface area contributed by atoms with Gasteiger partial charge in [0.05, 0.1) is 11.3 Å². The molecule has 0 aliphatic rings. The number of ether oxygens (including phenoxy) is 1. The Hall–Kier alpha value is -4.41. The van der Waals surface area contributed by atoms with Crippen LogP contribution in [0.5, 0.6) is 5.75 Å². The second-order valence-electron chi connectivity index (χ2n) is 10.5. The van der Waals surface area contributed by atoms with Gasteiger partial charge in [-0.05, 0) is 93.1 Å². The number of rotatable bonds is 11. The SMILES string of the molecule is Cc1cc(CCCc2nn(-c3ccc(C(F)(F)F)cc3)c(=O)n2CCc2ccccc2F)ccc1OC(C)(C)C(=O)O. The molecule has 7 nitrogen and oxygen atoms in total. The maximum Gasteiger partial charge on any atom is 0.416 e. The van der Waals surface area contributed by atoms with Crippen LogP contribution in [-0.4, -0.2) is 31.0 Å². The number of aliphatic carboxylic acids is 1. The van der Waals surface area contributed by atoms with Crippen molar-refractivity contribution in [2.24, 2.45) is 0 Å². The number of benzene rings is 3. The van der Waals surface area contributed by atoms with E-state index in [0.717, 1.165) is 27.9 Å². The van der Waals surface area contributed by atoms with Crippen LogP contribution >= 0.6 is 0 Å². The maximum absolute atomic E-state index is 14.2. The molecular formula is C31H31F4N3O4. The van der Waals surface area contributed by atoms with Crippen molar-refractivity contribution >= 4 is 5.97 Å². The summed E-state index contributed by atoms with van der Waals surface area (Å²) >= 11 is 0. The van der Waals surface area contributed by atoms with Gasteiger partial charge in [0.25, 0.3) is 0 Å². The molecule has 0 amide bonds. The van der Waals surface area contributed by atoms with E-state index in [2.05, 4.69) is 5.10 Å². The Bertz CT molecular complexity index is 1620. The van der Waals surface area contributed by atoms with Crippen molar-refractivity contribution in [3.05, 3.63) is 111 Å². The van der Waals surface area contributed by atoms with Crippen molar-refractivity contribution in [3.63, 3.8) is 0 Å². The minimum atomic E-state index is -4.51. The van der Waals surface area contributed by atoms with Crippen LogP contribution in [0.4, 0.5) is 17.6 Å². The number of aromatic nitrogens is 3. The molecule has 0 spiro atoms. The Morgan fingerprint density at radius 3 is 2.29 bits per heavy atom. The van der Waals surface area contributed by atoms with E-state index in [4.69, 9.17) is 4.74 Å². The van der Waals surface area contributed by atoms with Crippen molar-refractivity contribution in [1.82, 2.24) is 14.3 Å². The molecule has 222 valence electrons. The maximum atomic E-state index is 14.2. The van der Waals surface area contributed by atoms with Crippen LogP contribution in [0.3, 0.4) is 0 Å². The molecule has 11 heteroatoms. The zero-order valence-electron chi connectivity index (χ0n) is 23.4. The fourth-order valence-corrected chi connectivity index (χ4v) is 4.49. The van der Waals surface area contributed by atoms with Crippen LogP contribution in [0, 0.1) is 12.7 Å². The number of carbonyl (C=O) groups is 1. The normalized spacial score (nSPS) is 12.0. The van der Waals surface area contributed by atoms with Crippen LogP contribution in [0.25, 0.3) is 5.69 Å². The summed E-state index contributed by atoms with van der Waals surface area (Å²) < 4.78 is 61.5. The summed E-state index contributed by atoms with van der Waals surface area (Å²) in [5.41, 5.74) is -0.387. The Morgan fingerprint density at radius 2 is 1.67 bits per heavy atom. The van der Waals surface area contributed by atoms with E-state index >= 15 is 0 Å². The van der Waals surface area contributed by atoms with E-state index in [0.29, 0.717) is 36.4 Å². The van der Waals surface area contributed by atoms with Gasteiger partial charge < -0.3 is 9.84 Å². The highest BCUT2D eigenvalue weighted by Crippen LogP contribution is 2.29. The first-order chi connectivity index (χ1) is 19.8. The zero-order valence-corrected chi connectivity index (χ0v) is 23.4. The Balaban J connectivity index is 1.55. The molecule has 0 aliphatic heterocycles. The molecule has 0 saturated heterocycles. The molecule has 4 aromatic rings. The largest absolute Gasteiger partial charge is 0.478 e. The minimum Gasteiger partial charge on any atom is -0.478 e. The van der Waals surface area contributed by atoms with E-state index in [1.165, 1.54) is 36.6 Å². The van der Waals surface area contributed by atoms with E-state index in [1.807, 2.05) is 19.1 Å². The summed E-state index contributed by atoms with van der Waals surface area (Å²) in [6.07, 6.45) is -2.71. The molecule has 0 bridgehead atoms. The molecule has 0 saturated carbocycles. The molecule has 1 heterocycles. The van der Waals surface area contributed by atoms with Gasteiger partial charge in [0, 0.05) is 13.0 Å². The van der Waals surface area contributed by atoms with Gasteiger partial charge in [-0.25, -0.2) is 14.0 Å². The van der Waals surface area contributed by atoms with Gasteiger partial charge in [0.2, 0.25) is 0 Å². The van der Waals surface area contributed by atoms with Crippen molar-refractivity contribution in [2.75, 3.05) is 0 Å². The summed E-state index contributed by atoms with van der Waals surface area (Å²) in [7, 11) is 0. The monoisotopic (exact) mass is 585 g/mol. The van der Waals surface area contributed by atoms with Gasteiger partial charge in [-0.2, -0.15) is 17.9 Å². The molecule has 4 rings (SSSR count). The lowest BCUT2D eigenvalue weighted by molar-refractivity contribution is -0.152. The van der Waals surface area contributed by atoms with Gasteiger partial charge in [0.1, 0.15) is 17.4 Å². The van der Waals surface area contributed by atoms with E-state index in [1.54, 1.807) is 24.3 Å². The fourth-order valence-electron chi connectivity index (χ4n) is 4.49. The van der Waals surface area contributed by atoms with Gasteiger partial charge in [-0.3, -0.25) is 4.57 Å². The zero-order chi connectivity index (χ0) is 30.7. The number of alkyl halides is 3. The Labute approximate surface area is 240 Å². The van der Waals surface area contributed by atoms with Crippen LogP contribution in [0.15, 0.2) is 71.5 Å². The highest BCUT2D eigenvalue weighted by atomic mass is 19.4. The first kappa shape index (κ1) is 30.5. The van der Waals surface area contributed by atoms with Crippen molar-refractivity contribution in [2.45, 2.75) is 64.8 Å². The number of hydrogen-bond acceptors (Lipinski definition) is 4. The summed E-state index contributed by atoms with van der Waals surface area (Å²) in [5.74, 6) is -0.584. The fraction of sp³-hybridized carbons (Fsp3) is 0.323. The molecule has 0 radical (unpaired) electrons. The third-order valence-electron chi connectivity index (χ3n) is 6.93. The molecule has 42 heavy (non-hydrogen) atoms. The second-order valence-corrected chi connectivity index (χ2v) is 10.5. The lowest BCUT2D eigenvalue weighted by atomic mass is 10.0. The quantitative estimate of drug-likeness (QED) is 0.213. The van der Waals surface area contributed by atoms with Gasteiger partial charge >= 0.3 is 17.8 Å². The topological polar surface area (TPSA) is 86.4 Å². The number of halogens is 4. The van der Waals surface area contributed by atoms with E-state index < -0.39 is 34.8 Å². The van der Waals surface area contributed by atoms with Crippen molar-refractivity contribution in [1.29, 1.82) is 0 Å². The average molecular weight is 586 g/mol. The molecule has 0 atom stereocenters. The van der Waals surface area contributed by atoms with E-state index in [-0.39, 0.29) is 18.7 Å². The van der Waals surface area contributed by atoms with Crippen molar-refractivity contribution in [3.8, 4) is 11.4 Å². The van der Waals surface area contributed by atoms with Crippen molar-refractivity contribution < 1.29 is 32.2 Å². The summed E-state index contributed by atoms with van der Waals surface area (Å²) in [6, 6.07) is 15.9. The summed E-state index contributed by atoms with van der Waals surface area (Å²) in [4.78, 5) is 24.7. The molecule has 0 fully saturated rings. The second kappa shape index (κ2) is 12.2. The highest BCUT2D eigenvalue weighted by molar-refractivity contribution is 5.76. The third-order valence-corrected chi connectivity index (χ3v) is 6.93. The van der Waals surface area contributed by atoms with Crippen LogP contribution in [0.2, 0.25) is 0 Å². The van der Waals surface area contributed by atoms with Gasteiger partial charge in [-0.1, -0.05) is 30.3 Å². The number of carboxylic acid groups (broad SMARTS) is 1. The summed E-state index contributed by atoms with van der Waals surface area (Å²) in [6.45, 7) is 4.90. The van der Waals surface area contributed by atoms with Crippen LogP contribution in [-0.2, 0) is 36.8 Å². The van der Waals surface area contributed by atoms with Crippen LogP contribution in [0.1, 0.15) is 48.3 Å². The number of nitrogens with zero attached hydrogens (tertiary/aromatic N) is 3. The first-order valence-electron chi connectivity index (χ1n) is 13.4. The number of hydrogen-bond donors (Lipinski definition) is 1. The lowest BCUT2D eigenvalue weighted by Crippen LogP contribution is -2.38. The lowest BCUT2D eigenvalue weighted by Gasteiger charge is -2.23. The first-order valence-corrected chi connectivity index (χ1v) is 13.4. The predicted molar refractivity (Wildman–Crippen MR) is 148 cm³/mol. The number of carboxylic acids is 1. The smallest absolute Gasteiger partial charge is 0.416 e. The molecule has 3 aromatic carbocycles. The molecule has 0 aliphatic carbocycles. The molecule has 1 N–H and O–H groups in total.